The van der Waals surface area contributed by atoms with E-state index in [2.05, 4.69) is 10.1 Å². The average Bonchev–Trinajstić information content (AvgIpc) is 2.50. The largest absolute Gasteiger partial charge is 0.372 e. The maximum Gasteiger partial charge on any atom is 0.255 e. The third-order valence-corrected chi connectivity index (χ3v) is 1.37. The molecule has 11 heavy (non-hydrogen) atoms. The van der Waals surface area contributed by atoms with E-state index in [0.717, 1.165) is 0 Å². The van der Waals surface area contributed by atoms with Crippen molar-refractivity contribution in [2.75, 3.05) is 7.11 Å². The van der Waals surface area contributed by atoms with Crippen LogP contribution in [0.25, 0.3) is 0 Å². The van der Waals surface area contributed by atoms with Crippen LogP contribution in [-0.2, 0) is 11.3 Å². The molecule has 0 aliphatic rings. The first-order chi connectivity index (χ1) is 5.27. The van der Waals surface area contributed by atoms with Gasteiger partial charge in [0.1, 0.15) is 6.10 Å². The summed E-state index contributed by atoms with van der Waals surface area (Å²) in [4.78, 5) is 3.97. The Morgan fingerprint density at radius 1 is 1.73 bits per heavy atom. The number of nitrogens with zero attached hydrogens (tertiary/aromatic N) is 2. The molecule has 1 unspecified atom stereocenters. The summed E-state index contributed by atoms with van der Waals surface area (Å²) < 4.78 is 9.80. The summed E-state index contributed by atoms with van der Waals surface area (Å²) >= 11 is 0. The van der Waals surface area contributed by atoms with Crippen LogP contribution in [-0.4, -0.2) is 17.3 Å². The lowest BCUT2D eigenvalue weighted by Crippen LogP contribution is -2.00. The molecule has 0 spiro atoms. The molecular weight excluding hydrogens is 146 g/mol. The molecule has 0 aromatic carbocycles. The fourth-order valence-corrected chi connectivity index (χ4v) is 0.616. The van der Waals surface area contributed by atoms with E-state index in [9.17, 15) is 0 Å². The van der Waals surface area contributed by atoms with E-state index in [1.165, 1.54) is 0 Å². The van der Waals surface area contributed by atoms with E-state index in [-0.39, 0.29) is 6.10 Å². The molecule has 1 aromatic rings. The standard InChI is InChI=1S/C6H11N3O2/c1-4(10-2)6-8-5(3-7)9-11-6/h4H,3,7H2,1-2H3. The Morgan fingerprint density at radius 2 is 2.45 bits per heavy atom. The van der Waals surface area contributed by atoms with Crippen LogP contribution in [0.15, 0.2) is 4.52 Å². The normalized spacial score (nSPS) is 13.4. The molecule has 1 atom stereocenters. The molecular formula is C6H11N3O2. The first-order valence-electron chi connectivity index (χ1n) is 3.33. The van der Waals surface area contributed by atoms with E-state index < -0.39 is 0 Å². The smallest absolute Gasteiger partial charge is 0.255 e. The van der Waals surface area contributed by atoms with Gasteiger partial charge in [0, 0.05) is 7.11 Å². The molecule has 2 N–H and O–H groups in total. The highest BCUT2D eigenvalue weighted by Gasteiger charge is 2.11. The molecule has 0 saturated heterocycles. The predicted molar refractivity (Wildman–Crippen MR) is 37.6 cm³/mol. The van der Waals surface area contributed by atoms with Gasteiger partial charge in [0.2, 0.25) is 0 Å². The summed E-state index contributed by atoms with van der Waals surface area (Å²) in [6.07, 6.45) is -0.164. The van der Waals surface area contributed by atoms with Gasteiger partial charge in [0.25, 0.3) is 5.89 Å². The van der Waals surface area contributed by atoms with Gasteiger partial charge < -0.3 is 15.0 Å². The monoisotopic (exact) mass is 157 g/mol. The van der Waals surface area contributed by atoms with Gasteiger partial charge in [-0.05, 0) is 6.92 Å². The Balaban J connectivity index is 2.71. The maximum atomic E-state index is 5.28. The van der Waals surface area contributed by atoms with Crippen molar-refractivity contribution >= 4 is 0 Å². The summed E-state index contributed by atoms with van der Waals surface area (Å²) in [5.74, 6) is 0.969. The molecule has 5 heteroatoms. The molecule has 0 radical (unpaired) electrons. The van der Waals surface area contributed by atoms with Crippen molar-refractivity contribution in [3.63, 3.8) is 0 Å². The van der Waals surface area contributed by atoms with Crippen molar-refractivity contribution in [1.29, 1.82) is 0 Å². The highest BCUT2D eigenvalue weighted by atomic mass is 16.5. The lowest BCUT2D eigenvalue weighted by molar-refractivity contribution is 0.0886. The number of rotatable bonds is 3. The fourth-order valence-electron chi connectivity index (χ4n) is 0.616. The van der Waals surface area contributed by atoms with Crippen molar-refractivity contribution in [3.05, 3.63) is 11.7 Å². The molecule has 1 aromatic heterocycles. The first kappa shape index (κ1) is 8.16. The number of ether oxygens (including phenoxy) is 1. The second kappa shape index (κ2) is 3.45. The van der Waals surface area contributed by atoms with Crippen LogP contribution in [0.4, 0.5) is 0 Å². The number of hydrogen-bond donors (Lipinski definition) is 1. The van der Waals surface area contributed by atoms with Gasteiger partial charge in [-0.1, -0.05) is 5.16 Å². The Hall–Kier alpha value is -0.940. The van der Waals surface area contributed by atoms with Crippen molar-refractivity contribution < 1.29 is 9.26 Å². The molecule has 0 amide bonds. The Labute approximate surface area is 64.5 Å². The molecule has 0 aliphatic carbocycles. The molecule has 0 saturated carbocycles. The summed E-state index contributed by atoms with van der Waals surface area (Å²) in [6, 6.07) is 0. The highest BCUT2D eigenvalue weighted by molar-refractivity contribution is 4.87. The maximum absolute atomic E-state index is 5.28. The van der Waals surface area contributed by atoms with Gasteiger partial charge in [-0.25, -0.2) is 0 Å². The van der Waals surface area contributed by atoms with E-state index in [1.807, 2.05) is 6.92 Å². The van der Waals surface area contributed by atoms with Gasteiger partial charge in [-0.2, -0.15) is 4.98 Å². The lowest BCUT2D eigenvalue weighted by atomic mass is 10.4. The number of aromatic nitrogens is 2. The third kappa shape index (κ3) is 1.75. The number of methoxy groups -OCH3 is 1. The molecule has 5 nitrogen and oxygen atoms in total. The van der Waals surface area contributed by atoms with Crippen LogP contribution in [0.3, 0.4) is 0 Å². The molecule has 0 fully saturated rings. The van der Waals surface area contributed by atoms with Crippen molar-refractivity contribution in [3.8, 4) is 0 Å². The first-order valence-corrected chi connectivity index (χ1v) is 3.33. The third-order valence-electron chi connectivity index (χ3n) is 1.37. The molecule has 1 heterocycles. The zero-order valence-electron chi connectivity index (χ0n) is 6.57. The van der Waals surface area contributed by atoms with Crippen molar-refractivity contribution in [1.82, 2.24) is 10.1 Å². The summed E-state index contributed by atoms with van der Waals surface area (Å²) in [7, 11) is 1.58. The van der Waals surface area contributed by atoms with Crippen LogP contribution in [0.5, 0.6) is 0 Å². The SMILES string of the molecule is COC(C)c1nc(CN)no1. The summed E-state index contributed by atoms with van der Waals surface area (Å²) in [5, 5.41) is 3.61. The average molecular weight is 157 g/mol. The van der Waals surface area contributed by atoms with E-state index in [1.54, 1.807) is 7.11 Å². The van der Waals surface area contributed by atoms with Crippen molar-refractivity contribution in [2.24, 2.45) is 5.73 Å². The Morgan fingerprint density at radius 3 is 2.91 bits per heavy atom. The van der Waals surface area contributed by atoms with Gasteiger partial charge in [-0.3, -0.25) is 0 Å². The number of nitrogens with two attached hydrogens (primary N) is 1. The fraction of sp³-hybridized carbons (Fsp3) is 0.667. The van der Waals surface area contributed by atoms with Crippen LogP contribution in [0, 0.1) is 0 Å². The summed E-state index contributed by atoms with van der Waals surface area (Å²) in [6.45, 7) is 2.12. The van der Waals surface area contributed by atoms with Crippen LogP contribution in [0.1, 0.15) is 24.7 Å². The quantitative estimate of drug-likeness (QED) is 0.680. The lowest BCUT2D eigenvalue weighted by Gasteiger charge is -2.00. The van der Waals surface area contributed by atoms with Gasteiger partial charge in [0.15, 0.2) is 5.82 Å². The second-order valence-electron chi connectivity index (χ2n) is 2.13. The van der Waals surface area contributed by atoms with Gasteiger partial charge >= 0.3 is 0 Å². The van der Waals surface area contributed by atoms with E-state index in [0.29, 0.717) is 18.3 Å². The van der Waals surface area contributed by atoms with Crippen molar-refractivity contribution in [2.45, 2.75) is 19.6 Å². The highest BCUT2D eigenvalue weighted by Crippen LogP contribution is 2.11. The minimum atomic E-state index is -0.164. The van der Waals surface area contributed by atoms with E-state index in [4.69, 9.17) is 15.0 Å². The van der Waals surface area contributed by atoms with Crippen LogP contribution >= 0.6 is 0 Å². The Kier molecular flexibility index (Phi) is 2.56. The molecule has 0 aliphatic heterocycles. The minimum absolute atomic E-state index is 0.164. The van der Waals surface area contributed by atoms with Gasteiger partial charge in [-0.15, -0.1) is 0 Å². The van der Waals surface area contributed by atoms with Crippen LogP contribution < -0.4 is 5.73 Å². The zero-order chi connectivity index (χ0) is 8.27. The van der Waals surface area contributed by atoms with Gasteiger partial charge in [0.05, 0.1) is 6.54 Å². The topological polar surface area (TPSA) is 74.2 Å². The number of hydrogen-bond acceptors (Lipinski definition) is 5. The Bertz CT molecular complexity index is 223. The predicted octanol–water partition coefficient (Wildman–Crippen LogP) is 0.236. The van der Waals surface area contributed by atoms with Crippen LogP contribution in [0.2, 0.25) is 0 Å². The van der Waals surface area contributed by atoms with E-state index >= 15 is 0 Å². The second-order valence-corrected chi connectivity index (χ2v) is 2.13. The zero-order valence-corrected chi connectivity index (χ0v) is 6.57. The molecule has 62 valence electrons. The molecule has 0 bridgehead atoms. The summed E-state index contributed by atoms with van der Waals surface area (Å²) in [5.41, 5.74) is 5.28. The molecule has 1 rings (SSSR count). The minimum Gasteiger partial charge on any atom is -0.372 e.